The maximum atomic E-state index is 11.8. The van der Waals surface area contributed by atoms with Gasteiger partial charge in [-0.3, -0.25) is 9.78 Å². The third-order valence-electron chi connectivity index (χ3n) is 3.47. The van der Waals surface area contributed by atoms with Gasteiger partial charge >= 0.3 is 0 Å². The van der Waals surface area contributed by atoms with Crippen LogP contribution in [0.5, 0.6) is 0 Å². The Labute approximate surface area is 114 Å². The van der Waals surface area contributed by atoms with Crippen molar-refractivity contribution in [2.24, 2.45) is 5.92 Å². The number of likely N-dealkylation sites (tertiary alicyclic amines) is 1. The van der Waals surface area contributed by atoms with Gasteiger partial charge in [-0.25, -0.2) is 4.98 Å². The van der Waals surface area contributed by atoms with E-state index in [4.69, 9.17) is 0 Å². The Morgan fingerprint density at radius 3 is 3.00 bits per heavy atom. The van der Waals surface area contributed by atoms with Crippen molar-refractivity contribution in [1.82, 2.24) is 20.2 Å². The molecule has 1 aromatic rings. The van der Waals surface area contributed by atoms with Crippen molar-refractivity contribution in [1.29, 1.82) is 0 Å². The summed E-state index contributed by atoms with van der Waals surface area (Å²) in [4.78, 5) is 22.4. The lowest BCUT2D eigenvalue weighted by atomic mass is 10.0. The molecule has 1 fully saturated rings. The number of nitrogens with zero attached hydrogens (tertiary/aromatic N) is 3. The fourth-order valence-corrected chi connectivity index (χ4v) is 2.42. The molecule has 0 saturated carbocycles. The van der Waals surface area contributed by atoms with Gasteiger partial charge in [-0.15, -0.1) is 0 Å². The number of carbonyl (C=O) groups excluding carboxylic acids is 1. The van der Waals surface area contributed by atoms with Crippen LogP contribution in [0.1, 0.15) is 35.9 Å². The summed E-state index contributed by atoms with van der Waals surface area (Å²) in [6, 6.07) is 0. The SMILES string of the molecule is Cc1cnc(C(=O)NCCN2CCCC(C)C2)cn1. The molecule has 0 radical (unpaired) electrons. The molecule has 1 N–H and O–H groups in total. The van der Waals surface area contributed by atoms with Gasteiger partial charge < -0.3 is 10.2 Å². The Morgan fingerprint density at radius 1 is 1.47 bits per heavy atom. The van der Waals surface area contributed by atoms with Crippen LogP contribution in [0.2, 0.25) is 0 Å². The minimum Gasteiger partial charge on any atom is -0.349 e. The molecule has 19 heavy (non-hydrogen) atoms. The molecule has 1 amide bonds. The quantitative estimate of drug-likeness (QED) is 0.887. The Bertz CT molecular complexity index is 418. The average Bonchev–Trinajstić information content (AvgIpc) is 2.39. The lowest BCUT2D eigenvalue weighted by Gasteiger charge is -2.30. The summed E-state index contributed by atoms with van der Waals surface area (Å²) in [7, 11) is 0. The van der Waals surface area contributed by atoms with Crippen LogP contribution in [0.3, 0.4) is 0 Å². The highest BCUT2D eigenvalue weighted by Crippen LogP contribution is 2.14. The smallest absolute Gasteiger partial charge is 0.271 e. The molecule has 1 atom stereocenters. The van der Waals surface area contributed by atoms with E-state index in [9.17, 15) is 4.79 Å². The van der Waals surface area contributed by atoms with E-state index in [0.717, 1.165) is 31.2 Å². The van der Waals surface area contributed by atoms with Gasteiger partial charge in [-0.1, -0.05) is 6.92 Å². The van der Waals surface area contributed by atoms with Gasteiger partial charge in [0.1, 0.15) is 5.69 Å². The fraction of sp³-hybridized carbons (Fsp3) is 0.643. The minimum atomic E-state index is -0.141. The van der Waals surface area contributed by atoms with Crippen molar-refractivity contribution in [3.8, 4) is 0 Å². The molecule has 1 aromatic heterocycles. The molecular weight excluding hydrogens is 240 g/mol. The number of aryl methyl sites for hydroxylation is 1. The molecule has 0 aliphatic carbocycles. The van der Waals surface area contributed by atoms with Crippen LogP contribution in [-0.4, -0.2) is 47.0 Å². The van der Waals surface area contributed by atoms with Crippen LogP contribution in [0.4, 0.5) is 0 Å². The predicted molar refractivity (Wildman–Crippen MR) is 73.9 cm³/mol. The first-order chi connectivity index (χ1) is 9.15. The van der Waals surface area contributed by atoms with Crippen LogP contribution in [0, 0.1) is 12.8 Å². The minimum absolute atomic E-state index is 0.141. The van der Waals surface area contributed by atoms with E-state index in [0.29, 0.717) is 12.2 Å². The van der Waals surface area contributed by atoms with Crippen molar-refractivity contribution >= 4 is 5.91 Å². The average molecular weight is 262 g/mol. The molecule has 0 bridgehead atoms. The number of hydrogen-bond acceptors (Lipinski definition) is 4. The molecular formula is C14H22N4O. The van der Waals surface area contributed by atoms with E-state index >= 15 is 0 Å². The molecule has 2 rings (SSSR count). The van der Waals surface area contributed by atoms with E-state index in [1.165, 1.54) is 19.0 Å². The van der Waals surface area contributed by atoms with Gasteiger partial charge in [0.15, 0.2) is 0 Å². The summed E-state index contributed by atoms with van der Waals surface area (Å²) in [5, 5.41) is 2.90. The molecule has 2 heterocycles. The summed E-state index contributed by atoms with van der Waals surface area (Å²) in [5.41, 5.74) is 1.21. The number of carbonyl (C=O) groups is 1. The van der Waals surface area contributed by atoms with Gasteiger partial charge in [-0.05, 0) is 32.2 Å². The van der Waals surface area contributed by atoms with E-state index in [1.54, 1.807) is 6.20 Å². The Hall–Kier alpha value is -1.49. The van der Waals surface area contributed by atoms with E-state index in [-0.39, 0.29) is 5.91 Å². The van der Waals surface area contributed by atoms with Crippen LogP contribution in [0.15, 0.2) is 12.4 Å². The molecule has 104 valence electrons. The number of piperidine rings is 1. The largest absolute Gasteiger partial charge is 0.349 e. The van der Waals surface area contributed by atoms with Crippen LogP contribution in [0.25, 0.3) is 0 Å². The van der Waals surface area contributed by atoms with E-state index in [2.05, 4.69) is 27.1 Å². The number of amides is 1. The fourth-order valence-electron chi connectivity index (χ4n) is 2.42. The molecule has 5 heteroatoms. The van der Waals surface area contributed by atoms with Crippen LogP contribution >= 0.6 is 0 Å². The van der Waals surface area contributed by atoms with Gasteiger partial charge in [0.05, 0.1) is 11.9 Å². The van der Waals surface area contributed by atoms with Crippen LogP contribution in [-0.2, 0) is 0 Å². The number of aromatic nitrogens is 2. The third-order valence-corrected chi connectivity index (χ3v) is 3.47. The van der Waals surface area contributed by atoms with Crippen molar-refractivity contribution in [3.05, 3.63) is 23.8 Å². The zero-order valence-electron chi connectivity index (χ0n) is 11.7. The van der Waals surface area contributed by atoms with E-state index < -0.39 is 0 Å². The molecule has 5 nitrogen and oxygen atoms in total. The van der Waals surface area contributed by atoms with Gasteiger partial charge in [0.25, 0.3) is 5.91 Å². The zero-order valence-corrected chi connectivity index (χ0v) is 11.7. The Balaban J connectivity index is 1.73. The first-order valence-electron chi connectivity index (χ1n) is 6.94. The summed E-state index contributed by atoms with van der Waals surface area (Å²) in [5.74, 6) is 0.630. The third kappa shape index (κ3) is 4.28. The zero-order chi connectivity index (χ0) is 13.7. The highest BCUT2D eigenvalue weighted by Gasteiger charge is 2.16. The van der Waals surface area contributed by atoms with Gasteiger partial charge in [-0.2, -0.15) is 0 Å². The maximum absolute atomic E-state index is 11.8. The highest BCUT2D eigenvalue weighted by molar-refractivity contribution is 5.91. The predicted octanol–water partition coefficient (Wildman–Crippen LogP) is 1.25. The first-order valence-corrected chi connectivity index (χ1v) is 6.94. The molecule has 1 aliphatic heterocycles. The monoisotopic (exact) mass is 262 g/mol. The topological polar surface area (TPSA) is 58.1 Å². The second-order valence-electron chi connectivity index (χ2n) is 5.35. The highest BCUT2D eigenvalue weighted by atomic mass is 16.1. The standard InChI is InChI=1S/C14H22N4O/c1-11-4-3-6-18(10-11)7-5-15-14(19)13-9-16-12(2)8-17-13/h8-9,11H,3-7,10H2,1-2H3,(H,15,19). The first kappa shape index (κ1) is 13.9. The number of nitrogens with one attached hydrogen (secondary N) is 1. The van der Waals surface area contributed by atoms with Gasteiger partial charge in [0.2, 0.25) is 0 Å². The Kier molecular flexibility index (Phi) is 4.85. The molecule has 0 aromatic carbocycles. The van der Waals surface area contributed by atoms with Crippen molar-refractivity contribution < 1.29 is 4.79 Å². The van der Waals surface area contributed by atoms with Crippen molar-refractivity contribution in [3.63, 3.8) is 0 Å². The molecule has 1 saturated heterocycles. The molecule has 0 spiro atoms. The second kappa shape index (κ2) is 6.61. The molecule has 1 unspecified atom stereocenters. The normalized spacial score (nSPS) is 20.2. The summed E-state index contributed by atoms with van der Waals surface area (Å²) in [6.45, 7) is 8.00. The van der Waals surface area contributed by atoms with Crippen LogP contribution < -0.4 is 5.32 Å². The maximum Gasteiger partial charge on any atom is 0.271 e. The Morgan fingerprint density at radius 2 is 2.32 bits per heavy atom. The van der Waals surface area contributed by atoms with Gasteiger partial charge in [0, 0.05) is 25.8 Å². The molecule has 1 aliphatic rings. The summed E-state index contributed by atoms with van der Waals surface area (Å²) in [6.07, 6.45) is 5.72. The second-order valence-corrected chi connectivity index (χ2v) is 5.35. The van der Waals surface area contributed by atoms with Crippen molar-refractivity contribution in [2.75, 3.05) is 26.2 Å². The van der Waals surface area contributed by atoms with E-state index in [1.807, 2.05) is 6.92 Å². The lowest BCUT2D eigenvalue weighted by molar-refractivity contribution is 0.0938. The lowest BCUT2D eigenvalue weighted by Crippen LogP contribution is -2.40. The summed E-state index contributed by atoms with van der Waals surface area (Å²) < 4.78 is 0. The number of hydrogen-bond donors (Lipinski definition) is 1. The summed E-state index contributed by atoms with van der Waals surface area (Å²) >= 11 is 0. The van der Waals surface area contributed by atoms with Crippen molar-refractivity contribution in [2.45, 2.75) is 26.7 Å². The number of rotatable bonds is 4.